The molecule has 0 aliphatic rings. The second kappa shape index (κ2) is 8.10. The molecular weight excluding hydrogens is 547 g/mol. The first kappa shape index (κ1) is 17.6. The van der Waals surface area contributed by atoms with E-state index in [1.54, 1.807) is 21.3 Å². The molecule has 0 N–H and O–H groups in total. The van der Waals surface area contributed by atoms with Crippen LogP contribution in [0.25, 0.3) is 11.1 Å². The van der Waals surface area contributed by atoms with Crippen LogP contribution >= 0.6 is 0 Å². The Hall–Kier alpha value is -2.46. The second-order valence-electron chi connectivity index (χ2n) is 4.78. The van der Waals surface area contributed by atoms with Crippen LogP contribution in [0.2, 0.25) is 6.04 Å². The van der Waals surface area contributed by atoms with Crippen LogP contribution in [0, 0.1) is 6.07 Å². The van der Waals surface area contributed by atoms with Crippen molar-refractivity contribution in [2.24, 2.45) is 0 Å². The maximum absolute atomic E-state index is 5.44. The van der Waals surface area contributed by atoms with E-state index in [9.17, 15) is 0 Å². The SMILES string of the molecule is CO[Si](CCc1ccc(-c2cc[c-]cc2)cc1)(OC)OC.[Rf]. The number of benzene rings is 2. The van der Waals surface area contributed by atoms with Crippen molar-refractivity contribution in [2.45, 2.75) is 12.5 Å². The van der Waals surface area contributed by atoms with Crippen molar-refractivity contribution in [3.63, 3.8) is 0 Å². The van der Waals surface area contributed by atoms with Crippen LogP contribution in [-0.2, 0) is 19.7 Å². The average Bonchev–Trinajstić information content (AvgIpc) is 2.58. The molecule has 3 nitrogen and oxygen atoms in total. The van der Waals surface area contributed by atoms with Crippen molar-refractivity contribution >= 4 is 8.80 Å². The quantitative estimate of drug-likeness (QED) is 0.378. The molecule has 114 valence electrons. The third-order valence-electron chi connectivity index (χ3n) is 3.66. The summed E-state index contributed by atoms with van der Waals surface area (Å²) in [5, 5.41) is 0. The van der Waals surface area contributed by atoms with E-state index >= 15 is 0 Å². The summed E-state index contributed by atoms with van der Waals surface area (Å²) in [6, 6.07) is 20.4. The van der Waals surface area contributed by atoms with Gasteiger partial charge in [0.05, 0.1) is 0 Å². The Morgan fingerprint density at radius 3 is 1.82 bits per heavy atom. The van der Waals surface area contributed by atoms with E-state index in [0.717, 1.165) is 12.5 Å². The number of hydrogen-bond acceptors (Lipinski definition) is 3. The molecule has 2 rings (SSSR count). The Bertz CT molecular complexity index is 533. The maximum atomic E-state index is 5.44. The summed E-state index contributed by atoms with van der Waals surface area (Å²) in [7, 11) is 2.46. The summed E-state index contributed by atoms with van der Waals surface area (Å²) in [6.07, 6.45) is 0.880. The van der Waals surface area contributed by atoms with E-state index in [4.69, 9.17) is 13.3 Å². The summed E-state index contributed by atoms with van der Waals surface area (Å²) in [6.45, 7) is 0. The summed E-state index contributed by atoms with van der Waals surface area (Å²) >= 11 is 0. The van der Waals surface area contributed by atoms with Crippen LogP contribution in [-0.4, -0.2) is 30.1 Å². The van der Waals surface area contributed by atoms with Crippen LogP contribution in [0.1, 0.15) is 5.56 Å². The van der Waals surface area contributed by atoms with E-state index < -0.39 is 8.80 Å². The fraction of sp³-hybridized carbons (Fsp3) is 0.294. The molecule has 5 heteroatoms. The Morgan fingerprint density at radius 1 is 0.818 bits per heavy atom. The topological polar surface area (TPSA) is 27.7 Å². The normalized spacial score (nSPS) is 11.0. The van der Waals surface area contributed by atoms with Gasteiger partial charge in [0.1, 0.15) is 0 Å². The molecule has 0 fully saturated rings. The molecule has 0 saturated heterocycles. The Kier molecular flexibility index (Phi) is 6.47. The largest absolute Gasteiger partial charge is 0.500 e. The van der Waals surface area contributed by atoms with Gasteiger partial charge in [-0.15, -0.1) is 5.56 Å². The Labute approximate surface area is 127 Å². The van der Waals surface area contributed by atoms with Crippen molar-refractivity contribution in [1.29, 1.82) is 0 Å². The summed E-state index contributed by atoms with van der Waals surface area (Å²) in [5.41, 5.74) is 3.67. The van der Waals surface area contributed by atoms with Gasteiger partial charge in [-0.1, -0.05) is 24.3 Å². The van der Waals surface area contributed by atoms with E-state index in [0.29, 0.717) is 0 Å². The molecule has 0 amide bonds. The molecule has 0 radical (unpaired) electrons. The van der Waals surface area contributed by atoms with Crippen LogP contribution in [0.3, 0.4) is 0 Å². The number of hydrogen-bond donors (Lipinski definition) is 0. The molecule has 0 aromatic heterocycles. The molecule has 0 saturated carbocycles. The van der Waals surface area contributed by atoms with Crippen LogP contribution in [0.15, 0.2) is 48.5 Å². The third-order valence-corrected chi connectivity index (χ3v) is 6.39. The molecule has 0 heterocycles. The molecule has 0 aliphatic carbocycles. The first-order valence-electron chi connectivity index (χ1n) is 6.94. The van der Waals surface area contributed by atoms with Crippen LogP contribution < -0.4 is 0 Å². The monoisotopic (exact) mass is 568 g/mol. The molecule has 0 bridgehead atoms. The summed E-state index contributed by atoms with van der Waals surface area (Å²) in [4.78, 5) is 0. The third kappa shape index (κ3) is 4.02. The van der Waals surface area contributed by atoms with Gasteiger partial charge in [0, 0.05) is 27.4 Å². The zero-order chi connectivity index (χ0) is 15.1. The molecule has 0 atom stereocenters. The summed E-state index contributed by atoms with van der Waals surface area (Å²) in [5.74, 6) is 0. The van der Waals surface area contributed by atoms with Gasteiger partial charge in [0.25, 0.3) is 0 Å². The molecular formula is C17H21O3RfSi-. The standard InChI is InChI=1S/C17H21O3Si.Rf/c1-18-21(19-2,20-3)14-13-15-9-11-17(12-10-15)16-7-5-4-6-8-16;/h5-12H,13-14H2,1-3H3;/q-1;. The molecule has 2 aromatic rings. The van der Waals surface area contributed by atoms with Crippen LogP contribution in [0.5, 0.6) is 0 Å². The minimum absolute atomic E-state index is 0. The van der Waals surface area contributed by atoms with E-state index in [2.05, 4.69) is 42.5 Å². The van der Waals surface area contributed by atoms with Gasteiger partial charge < -0.3 is 13.3 Å². The van der Waals surface area contributed by atoms with E-state index in [1.165, 1.54) is 16.7 Å². The van der Waals surface area contributed by atoms with Crippen molar-refractivity contribution in [3.8, 4) is 11.1 Å². The minimum Gasteiger partial charge on any atom is -0.377 e. The fourth-order valence-electron chi connectivity index (χ4n) is 2.30. The zero-order valence-electron chi connectivity index (χ0n) is 13.5. The minimum atomic E-state index is -2.48. The van der Waals surface area contributed by atoms with Crippen molar-refractivity contribution in [2.75, 3.05) is 21.3 Å². The second-order valence-corrected chi connectivity index (χ2v) is 7.87. The van der Waals surface area contributed by atoms with Crippen molar-refractivity contribution in [3.05, 3.63) is 60.2 Å². The first-order valence-corrected chi connectivity index (χ1v) is 8.87. The molecule has 0 spiro atoms. The molecule has 2 aromatic carbocycles. The Morgan fingerprint density at radius 2 is 1.32 bits per heavy atom. The van der Waals surface area contributed by atoms with Gasteiger partial charge in [-0.05, 0) is 17.5 Å². The van der Waals surface area contributed by atoms with Gasteiger partial charge in [-0.2, -0.15) is 30.3 Å². The maximum Gasteiger partial charge on any atom is 0.500 e. The first-order chi connectivity index (χ1) is 10.2. The van der Waals surface area contributed by atoms with Gasteiger partial charge in [0.15, 0.2) is 0 Å². The molecule has 22 heavy (non-hydrogen) atoms. The van der Waals surface area contributed by atoms with Gasteiger partial charge in [0.2, 0.25) is 0 Å². The summed E-state index contributed by atoms with van der Waals surface area (Å²) < 4.78 is 16.3. The van der Waals surface area contributed by atoms with Crippen LogP contribution in [0.4, 0.5) is 0 Å². The number of rotatable bonds is 7. The fourth-order valence-corrected chi connectivity index (χ4v) is 4.00. The van der Waals surface area contributed by atoms with Crippen molar-refractivity contribution < 1.29 is 13.3 Å². The van der Waals surface area contributed by atoms with Gasteiger partial charge >= 0.3 is 8.80 Å². The average molecular weight is 568 g/mol. The Balaban J connectivity index is 0.00000242. The predicted octanol–water partition coefficient (Wildman–Crippen LogP) is 3.57. The van der Waals surface area contributed by atoms with E-state index in [1.807, 2.05) is 12.1 Å². The van der Waals surface area contributed by atoms with Crippen molar-refractivity contribution in [1.82, 2.24) is 0 Å². The van der Waals surface area contributed by atoms with Gasteiger partial charge in [-0.25, -0.2) is 0 Å². The predicted molar refractivity (Wildman–Crippen MR) is 86.0 cm³/mol. The van der Waals surface area contributed by atoms with E-state index in [-0.39, 0.29) is 0 Å². The number of aryl methyl sites for hydroxylation is 1. The van der Waals surface area contributed by atoms with Gasteiger partial charge in [-0.3, -0.25) is 0 Å². The smallest absolute Gasteiger partial charge is 0.377 e. The zero-order valence-corrected chi connectivity index (χ0v) is 20.9. The molecule has 0 aliphatic heterocycles. The molecule has 0 unspecified atom stereocenters.